The maximum absolute atomic E-state index is 13.1. The lowest BCUT2D eigenvalue weighted by Gasteiger charge is -2.15. The Morgan fingerprint density at radius 2 is 2.00 bits per heavy atom. The average molecular weight is 454 g/mol. The maximum Gasteiger partial charge on any atom is 0.256 e. The second-order valence-electron chi connectivity index (χ2n) is 8.25. The molecule has 2 heterocycles. The summed E-state index contributed by atoms with van der Waals surface area (Å²) in [5.74, 6) is -0.122. The van der Waals surface area contributed by atoms with E-state index in [1.807, 2.05) is 42.5 Å². The number of fused-ring (bicyclic) bond motifs is 2. The van der Waals surface area contributed by atoms with Crippen LogP contribution in [0.4, 0.5) is 5.69 Å². The van der Waals surface area contributed by atoms with Gasteiger partial charge in [-0.1, -0.05) is 30.8 Å². The molecule has 0 saturated carbocycles. The summed E-state index contributed by atoms with van der Waals surface area (Å²) in [7, 11) is 1.63. The minimum absolute atomic E-state index is 0.0580. The number of benzene rings is 3. The number of aromatic nitrogens is 2. The molecule has 5 N–H and O–H groups in total. The van der Waals surface area contributed by atoms with E-state index in [2.05, 4.69) is 22.8 Å². The molecule has 8 heteroatoms. The molecule has 1 aliphatic heterocycles. The number of nitrogens with two attached hydrogens (primary N) is 2. The number of primary amides is 1. The van der Waals surface area contributed by atoms with E-state index in [1.54, 1.807) is 13.2 Å². The Labute approximate surface area is 195 Å². The van der Waals surface area contributed by atoms with Crippen molar-refractivity contribution in [3.8, 4) is 28.1 Å². The summed E-state index contributed by atoms with van der Waals surface area (Å²) >= 11 is 0. The van der Waals surface area contributed by atoms with Crippen LogP contribution in [0.5, 0.6) is 5.75 Å². The zero-order chi connectivity index (χ0) is 24.0. The van der Waals surface area contributed by atoms with Gasteiger partial charge >= 0.3 is 0 Å². The number of hydrogen-bond acceptors (Lipinski definition) is 5. The Morgan fingerprint density at radius 3 is 2.76 bits per heavy atom. The number of H-pyrrole nitrogens is 1. The number of carbonyl (C=O) groups is 2. The van der Waals surface area contributed by atoms with Crippen LogP contribution in [-0.4, -0.2) is 40.6 Å². The Balaban J connectivity index is 1.59. The predicted molar refractivity (Wildman–Crippen MR) is 131 cm³/mol. The van der Waals surface area contributed by atoms with Crippen molar-refractivity contribution in [1.82, 2.24) is 15.1 Å². The molecule has 3 aromatic carbocycles. The van der Waals surface area contributed by atoms with Gasteiger partial charge in [-0.25, -0.2) is 0 Å². The molecular formula is C26H23N5O3. The summed E-state index contributed by atoms with van der Waals surface area (Å²) < 4.78 is 5.36. The molecular weight excluding hydrogens is 430 g/mol. The SMILES string of the molecule is C=C(CN1Cc2c(-c3ccc4[nH]nc(-c5cccc(OC)c5)c4c3)ccc(N)c2C1=O)C(N)=O. The van der Waals surface area contributed by atoms with Gasteiger partial charge in [0.1, 0.15) is 11.4 Å². The molecule has 34 heavy (non-hydrogen) atoms. The Hall–Kier alpha value is -4.59. The first-order valence-electron chi connectivity index (χ1n) is 10.7. The van der Waals surface area contributed by atoms with Gasteiger partial charge in [0.2, 0.25) is 5.91 Å². The number of nitrogens with zero attached hydrogens (tertiary/aromatic N) is 2. The number of rotatable bonds is 6. The number of carbonyl (C=O) groups excluding carboxylic acids is 2. The second-order valence-corrected chi connectivity index (χ2v) is 8.25. The van der Waals surface area contributed by atoms with Crippen molar-refractivity contribution in [3.63, 3.8) is 0 Å². The van der Waals surface area contributed by atoms with Gasteiger partial charge in [-0.15, -0.1) is 0 Å². The lowest BCUT2D eigenvalue weighted by atomic mass is 9.94. The number of ether oxygens (including phenoxy) is 1. The van der Waals surface area contributed by atoms with E-state index in [0.29, 0.717) is 17.8 Å². The van der Waals surface area contributed by atoms with E-state index in [0.717, 1.165) is 44.6 Å². The van der Waals surface area contributed by atoms with Gasteiger partial charge in [-0.05, 0) is 47.0 Å². The molecule has 170 valence electrons. The van der Waals surface area contributed by atoms with Crippen LogP contribution in [0.2, 0.25) is 0 Å². The van der Waals surface area contributed by atoms with E-state index >= 15 is 0 Å². The largest absolute Gasteiger partial charge is 0.497 e. The molecule has 0 atom stereocenters. The molecule has 4 aromatic rings. The quantitative estimate of drug-likeness (QED) is 0.304. The summed E-state index contributed by atoms with van der Waals surface area (Å²) in [6.07, 6.45) is 0. The minimum atomic E-state index is -0.632. The Kier molecular flexibility index (Phi) is 5.05. The molecule has 8 nitrogen and oxygen atoms in total. The first kappa shape index (κ1) is 21.3. The maximum atomic E-state index is 13.1. The van der Waals surface area contributed by atoms with Gasteiger partial charge in [0, 0.05) is 28.8 Å². The van der Waals surface area contributed by atoms with Crippen molar-refractivity contribution in [2.75, 3.05) is 19.4 Å². The number of nitrogens with one attached hydrogen (secondary N) is 1. The lowest BCUT2D eigenvalue weighted by molar-refractivity contribution is -0.114. The molecule has 2 amide bonds. The van der Waals surface area contributed by atoms with E-state index in [4.69, 9.17) is 16.2 Å². The van der Waals surface area contributed by atoms with E-state index in [1.165, 1.54) is 4.90 Å². The first-order chi connectivity index (χ1) is 16.4. The summed E-state index contributed by atoms with van der Waals surface area (Å²) in [6, 6.07) is 17.4. The van der Waals surface area contributed by atoms with Crippen LogP contribution in [-0.2, 0) is 11.3 Å². The fourth-order valence-corrected chi connectivity index (χ4v) is 4.38. The average Bonchev–Trinajstić information content (AvgIpc) is 3.40. The van der Waals surface area contributed by atoms with Gasteiger partial charge in [0.05, 0.1) is 24.7 Å². The third kappa shape index (κ3) is 3.45. The van der Waals surface area contributed by atoms with Crippen LogP contribution >= 0.6 is 0 Å². The number of nitrogen functional groups attached to an aromatic ring is 1. The van der Waals surface area contributed by atoms with E-state index in [-0.39, 0.29) is 18.0 Å². The standard InChI is InChI=1S/C26H23N5O3/c1-14(25(28)32)12-31-13-20-18(7-8-21(27)23(20)26(31)33)15-6-9-22-19(11-15)24(30-29-22)16-4-3-5-17(10-16)34-2/h3-11H,1,12-13,27H2,2H3,(H2,28,32)(H,29,30). The molecule has 0 saturated heterocycles. The number of methoxy groups -OCH3 is 1. The van der Waals surface area contributed by atoms with Crippen LogP contribution in [0, 0.1) is 0 Å². The van der Waals surface area contributed by atoms with Crippen LogP contribution in [0.1, 0.15) is 15.9 Å². The van der Waals surface area contributed by atoms with Gasteiger partial charge < -0.3 is 21.1 Å². The predicted octanol–water partition coefficient (Wildman–Crippen LogP) is 3.49. The van der Waals surface area contributed by atoms with Gasteiger partial charge in [-0.3, -0.25) is 14.7 Å². The first-order valence-corrected chi connectivity index (χ1v) is 10.7. The molecule has 0 fully saturated rings. The van der Waals surface area contributed by atoms with Crippen molar-refractivity contribution >= 4 is 28.4 Å². The number of hydrogen-bond donors (Lipinski definition) is 3. The van der Waals surface area contributed by atoms with E-state index in [9.17, 15) is 9.59 Å². The highest BCUT2D eigenvalue weighted by atomic mass is 16.5. The zero-order valence-electron chi connectivity index (χ0n) is 18.6. The smallest absolute Gasteiger partial charge is 0.256 e. The third-order valence-corrected chi connectivity index (χ3v) is 6.14. The number of aromatic amines is 1. The summed E-state index contributed by atoms with van der Waals surface area (Å²) in [5, 5.41) is 8.55. The van der Waals surface area contributed by atoms with Crippen LogP contribution in [0.25, 0.3) is 33.3 Å². The molecule has 0 aliphatic carbocycles. The molecule has 0 radical (unpaired) electrons. The highest BCUT2D eigenvalue weighted by molar-refractivity contribution is 6.06. The van der Waals surface area contributed by atoms with Crippen molar-refractivity contribution in [2.24, 2.45) is 5.73 Å². The third-order valence-electron chi connectivity index (χ3n) is 6.14. The second kappa shape index (κ2) is 8.08. The molecule has 0 spiro atoms. The Bertz CT molecular complexity index is 1490. The van der Waals surface area contributed by atoms with Crippen LogP contribution < -0.4 is 16.2 Å². The van der Waals surface area contributed by atoms with Crippen molar-refractivity contribution < 1.29 is 14.3 Å². The lowest BCUT2D eigenvalue weighted by Crippen LogP contribution is -2.30. The van der Waals surface area contributed by atoms with Crippen molar-refractivity contribution in [1.29, 1.82) is 0 Å². The van der Waals surface area contributed by atoms with Crippen molar-refractivity contribution in [3.05, 3.63) is 77.9 Å². The van der Waals surface area contributed by atoms with Gasteiger partial charge in [0.15, 0.2) is 0 Å². The summed E-state index contributed by atoms with van der Waals surface area (Å²) in [4.78, 5) is 26.0. The van der Waals surface area contributed by atoms with Crippen LogP contribution in [0.3, 0.4) is 0 Å². The molecule has 5 rings (SSSR count). The summed E-state index contributed by atoms with van der Waals surface area (Å²) in [5.41, 5.74) is 17.8. The fraction of sp³-hybridized carbons (Fsp3) is 0.115. The monoisotopic (exact) mass is 453 g/mol. The van der Waals surface area contributed by atoms with E-state index < -0.39 is 5.91 Å². The highest BCUT2D eigenvalue weighted by Gasteiger charge is 2.32. The minimum Gasteiger partial charge on any atom is -0.497 e. The van der Waals surface area contributed by atoms with Gasteiger partial charge in [0.25, 0.3) is 5.91 Å². The molecule has 0 bridgehead atoms. The highest BCUT2D eigenvalue weighted by Crippen LogP contribution is 2.38. The van der Waals surface area contributed by atoms with Gasteiger partial charge in [-0.2, -0.15) is 5.10 Å². The number of anilines is 1. The normalized spacial score (nSPS) is 12.7. The number of amides is 2. The zero-order valence-corrected chi connectivity index (χ0v) is 18.6. The summed E-state index contributed by atoms with van der Waals surface area (Å²) in [6.45, 7) is 4.05. The molecule has 1 aromatic heterocycles. The Morgan fingerprint density at radius 1 is 1.18 bits per heavy atom. The van der Waals surface area contributed by atoms with Crippen LogP contribution in [0.15, 0.2) is 66.7 Å². The topological polar surface area (TPSA) is 127 Å². The molecule has 1 aliphatic rings. The molecule has 0 unspecified atom stereocenters. The van der Waals surface area contributed by atoms with Crippen molar-refractivity contribution in [2.45, 2.75) is 6.54 Å². The fourth-order valence-electron chi connectivity index (χ4n) is 4.38.